The molecular weight excluding hydrogens is 228 g/mol. The van der Waals surface area contributed by atoms with Crippen LogP contribution in [0.3, 0.4) is 0 Å². The quantitative estimate of drug-likeness (QED) is 0.805. The molecule has 2 heterocycles. The Kier molecular flexibility index (Phi) is 5.23. The first-order valence-electron chi connectivity index (χ1n) is 6.85. The highest BCUT2D eigenvalue weighted by Crippen LogP contribution is 2.15. The topological polar surface area (TPSA) is 37.6 Å². The Labute approximate surface area is 109 Å². The minimum atomic E-state index is 0.409. The molecule has 0 amide bonds. The molecule has 0 spiro atoms. The van der Waals surface area contributed by atoms with Gasteiger partial charge in [0.2, 0.25) is 0 Å². The second kappa shape index (κ2) is 6.92. The Morgan fingerprint density at radius 3 is 3.11 bits per heavy atom. The van der Waals surface area contributed by atoms with Gasteiger partial charge in [-0.15, -0.1) is 0 Å². The fraction of sp³-hybridized carbons (Fsp3) is 0.714. The summed E-state index contributed by atoms with van der Waals surface area (Å²) < 4.78 is 11.2. The molecular formula is C14H24N2O2. The fourth-order valence-corrected chi connectivity index (χ4v) is 2.34. The largest absolute Gasteiger partial charge is 0.468 e. The predicted octanol–water partition coefficient (Wildman–Crippen LogP) is 2.00. The molecule has 0 aromatic carbocycles. The Bertz CT molecular complexity index is 345. The van der Waals surface area contributed by atoms with Gasteiger partial charge in [-0.1, -0.05) is 6.92 Å². The molecule has 1 aromatic heterocycles. The first kappa shape index (κ1) is 13.6. The summed E-state index contributed by atoms with van der Waals surface area (Å²) in [6, 6.07) is 2.13. The van der Waals surface area contributed by atoms with Crippen LogP contribution < -0.4 is 5.32 Å². The number of nitrogens with one attached hydrogen (secondary N) is 1. The van der Waals surface area contributed by atoms with Crippen molar-refractivity contribution in [3.05, 3.63) is 23.7 Å². The number of furan rings is 1. The van der Waals surface area contributed by atoms with Gasteiger partial charge in [0.1, 0.15) is 5.76 Å². The zero-order valence-corrected chi connectivity index (χ0v) is 11.4. The molecule has 2 rings (SSSR count). The van der Waals surface area contributed by atoms with E-state index in [0.29, 0.717) is 6.10 Å². The van der Waals surface area contributed by atoms with Crippen molar-refractivity contribution in [3.63, 3.8) is 0 Å². The molecule has 1 N–H and O–H groups in total. The molecule has 0 aliphatic carbocycles. The van der Waals surface area contributed by atoms with Gasteiger partial charge < -0.3 is 14.5 Å². The van der Waals surface area contributed by atoms with Crippen LogP contribution in [-0.2, 0) is 17.8 Å². The summed E-state index contributed by atoms with van der Waals surface area (Å²) in [7, 11) is 2.12. The van der Waals surface area contributed by atoms with Crippen LogP contribution in [0.2, 0.25) is 0 Å². The summed E-state index contributed by atoms with van der Waals surface area (Å²) in [5.74, 6) is 1.03. The van der Waals surface area contributed by atoms with Crippen LogP contribution in [0.5, 0.6) is 0 Å². The van der Waals surface area contributed by atoms with Gasteiger partial charge in [0.25, 0.3) is 0 Å². The summed E-state index contributed by atoms with van der Waals surface area (Å²) in [5.41, 5.74) is 1.22. The summed E-state index contributed by atoms with van der Waals surface area (Å²) in [4.78, 5) is 2.27. The molecule has 1 unspecified atom stereocenters. The number of nitrogens with zero attached hydrogens (tertiary/aromatic N) is 1. The summed E-state index contributed by atoms with van der Waals surface area (Å²) in [6.07, 6.45) is 4.64. The Morgan fingerprint density at radius 2 is 2.39 bits per heavy atom. The summed E-state index contributed by atoms with van der Waals surface area (Å²) >= 11 is 0. The summed E-state index contributed by atoms with van der Waals surface area (Å²) in [6.45, 7) is 6.74. The van der Waals surface area contributed by atoms with Crippen LogP contribution in [0.1, 0.15) is 31.1 Å². The van der Waals surface area contributed by atoms with Gasteiger partial charge in [-0.2, -0.15) is 0 Å². The standard InChI is InChI=1S/C14H24N2O2/c1-3-15-8-12-7-14(18-11-12)10-16(2)9-13-5-4-6-17-13/h7,11,13,15H,3-6,8-10H2,1-2H3. The van der Waals surface area contributed by atoms with Crippen LogP contribution in [0.25, 0.3) is 0 Å². The molecule has 1 aliphatic heterocycles. The van der Waals surface area contributed by atoms with E-state index >= 15 is 0 Å². The maximum absolute atomic E-state index is 5.64. The maximum Gasteiger partial charge on any atom is 0.118 e. The van der Waals surface area contributed by atoms with Crippen molar-refractivity contribution in [1.82, 2.24) is 10.2 Å². The SMILES string of the molecule is CCNCc1coc(CN(C)CC2CCCO2)c1. The molecule has 1 fully saturated rings. The van der Waals surface area contributed by atoms with E-state index in [0.717, 1.165) is 38.5 Å². The van der Waals surface area contributed by atoms with Crippen molar-refractivity contribution in [2.75, 3.05) is 26.7 Å². The lowest BCUT2D eigenvalue weighted by atomic mass is 10.2. The van der Waals surface area contributed by atoms with E-state index in [2.05, 4.69) is 30.3 Å². The average molecular weight is 252 g/mol. The van der Waals surface area contributed by atoms with Crippen LogP contribution in [0.15, 0.2) is 16.7 Å². The van der Waals surface area contributed by atoms with Crippen LogP contribution >= 0.6 is 0 Å². The molecule has 1 aromatic rings. The van der Waals surface area contributed by atoms with E-state index in [1.165, 1.54) is 18.4 Å². The monoisotopic (exact) mass is 252 g/mol. The van der Waals surface area contributed by atoms with Gasteiger partial charge in [0, 0.05) is 25.3 Å². The minimum absolute atomic E-state index is 0.409. The van der Waals surface area contributed by atoms with Gasteiger partial charge in [0.15, 0.2) is 0 Å². The van der Waals surface area contributed by atoms with Crippen molar-refractivity contribution < 1.29 is 9.15 Å². The third-order valence-electron chi connectivity index (χ3n) is 3.25. The third-order valence-corrected chi connectivity index (χ3v) is 3.25. The lowest BCUT2D eigenvalue weighted by Crippen LogP contribution is -2.28. The van der Waals surface area contributed by atoms with Crippen molar-refractivity contribution >= 4 is 0 Å². The maximum atomic E-state index is 5.64. The average Bonchev–Trinajstić information content (AvgIpc) is 2.98. The van der Waals surface area contributed by atoms with Gasteiger partial charge in [0.05, 0.1) is 18.9 Å². The van der Waals surface area contributed by atoms with Crippen molar-refractivity contribution in [3.8, 4) is 0 Å². The molecule has 4 heteroatoms. The Balaban J connectivity index is 1.75. The summed E-state index contributed by atoms with van der Waals surface area (Å²) in [5, 5.41) is 3.30. The first-order valence-corrected chi connectivity index (χ1v) is 6.85. The van der Waals surface area contributed by atoms with Crippen LogP contribution in [0.4, 0.5) is 0 Å². The molecule has 1 aliphatic rings. The number of rotatable bonds is 7. The van der Waals surface area contributed by atoms with E-state index in [9.17, 15) is 0 Å². The minimum Gasteiger partial charge on any atom is -0.468 e. The van der Waals surface area contributed by atoms with Gasteiger partial charge in [-0.3, -0.25) is 4.90 Å². The highest BCUT2D eigenvalue weighted by Gasteiger charge is 2.17. The third kappa shape index (κ3) is 4.12. The highest BCUT2D eigenvalue weighted by atomic mass is 16.5. The van der Waals surface area contributed by atoms with E-state index in [4.69, 9.17) is 9.15 Å². The number of likely N-dealkylation sites (N-methyl/N-ethyl adjacent to an activating group) is 1. The van der Waals surface area contributed by atoms with Gasteiger partial charge in [-0.05, 0) is 32.5 Å². The second-order valence-electron chi connectivity index (χ2n) is 5.03. The zero-order valence-electron chi connectivity index (χ0n) is 11.4. The second-order valence-corrected chi connectivity index (χ2v) is 5.03. The molecule has 0 bridgehead atoms. The normalized spacial score (nSPS) is 19.8. The van der Waals surface area contributed by atoms with E-state index < -0.39 is 0 Å². The fourth-order valence-electron chi connectivity index (χ4n) is 2.34. The van der Waals surface area contributed by atoms with E-state index in [1.54, 1.807) is 0 Å². The highest BCUT2D eigenvalue weighted by molar-refractivity contribution is 5.12. The molecule has 18 heavy (non-hydrogen) atoms. The van der Waals surface area contributed by atoms with Crippen molar-refractivity contribution in [2.45, 2.75) is 39.0 Å². The molecule has 0 radical (unpaired) electrons. The molecule has 102 valence electrons. The van der Waals surface area contributed by atoms with Gasteiger partial charge in [-0.25, -0.2) is 0 Å². The number of hydrogen-bond donors (Lipinski definition) is 1. The predicted molar refractivity (Wildman–Crippen MR) is 71.4 cm³/mol. The van der Waals surface area contributed by atoms with E-state index in [-0.39, 0.29) is 0 Å². The van der Waals surface area contributed by atoms with Gasteiger partial charge >= 0.3 is 0 Å². The van der Waals surface area contributed by atoms with Crippen molar-refractivity contribution in [2.24, 2.45) is 0 Å². The lowest BCUT2D eigenvalue weighted by molar-refractivity contribution is 0.0774. The molecule has 4 nitrogen and oxygen atoms in total. The Morgan fingerprint density at radius 1 is 1.50 bits per heavy atom. The number of ether oxygens (including phenoxy) is 1. The molecule has 1 saturated heterocycles. The van der Waals surface area contributed by atoms with E-state index in [1.807, 2.05) is 6.26 Å². The molecule has 0 saturated carbocycles. The Hall–Kier alpha value is -0.840. The van der Waals surface area contributed by atoms with Crippen molar-refractivity contribution in [1.29, 1.82) is 0 Å². The zero-order chi connectivity index (χ0) is 12.8. The first-order chi connectivity index (χ1) is 8.78. The molecule has 1 atom stereocenters. The number of hydrogen-bond acceptors (Lipinski definition) is 4. The lowest BCUT2D eigenvalue weighted by Gasteiger charge is -2.19. The van der Waals surface area contributed by atoms with Crippen LogP contribution in [-0.4, -0.2) is 37.7 Å². The van der Waals surface area contributed by atoms with Crippen LogP contribution in [0, 0.1) is 0 Å². The smallest absolute Gasteiger partial charge is 0.118 e.